The highest BCUT2D eigenvalue weighted by atomic mass is 35.5. The number of pyridine rings is 1. The number of rotatable bonds is 2. The Kier molecular flexibility index (Phi) is 5.05. The predicted octanol–water partition coefficient (Wildman–Crippen LogP) is 3.70. The fraction of sp³-hybridized carbons (Fsp3) is 0.0588. The predicted molar refractivity (Wildman–Crippen MR) is 106 cm³/mol. The number of fused-ring (bicyclic) bond motifs is 1. The molecule has 4 aromatic rings. The van der Waals surface area contributed by atoms with E-state index in [2.05, 4.69) is 20.1 Å². The summed E-state index contributed by atoms with van der Waals surface area (Å²) in [7, 11) is 0. The number of aryl methyl sites for hydroxylation is 1. The van der Waals surface area contributed by atoms with Gasteiger partial charge < -0.3 is 11.5 Å². The SMILES string of the molecule is Cc1nc(N)nc(N)c1-c1ncc(F)c2nn(-c3c(F)cccc3Cl)cc12.Cl. The van der Waals surface area contributed by atoms with Crippen molar-refractivity contribution in [2.75, 3.05) is 11.5 Å². The Labute approximate surface area is 168 Å². The minimum absolute atomic E-state index is 0. The Morgan fingerprint density at radius 2 is 1.86 bits per heavy atom. The van der Waals surface area contributed by atoms with Crippen LogP contribution in [0, 0.1) is 18.6 Å². The minimum Gasteiger partial charge on any atom is -0.383 e. The van der Waals surface area contributed by atoms with Gasteiger partial charge in [0.25, 0.3) is 0 Å². The van der Waals surface area contributed by atoms with Gasteiger partial charge in [0, 0.05) is 11.6 Å². The number of halogens is 4. The molecule has 7 nitrogen and oxygen atoms in total. The van der Waals surface area contributed by atoms with Gasteiger partial charge in [-0.3, -0.25) is 4.98 Å². The van der Waals surface area contributed by atoms with Gasteiger partial charge in [-0.1, -0.05) is 17.7 Å². The maximum Gasteiger partial charge on any atom is 0.222 e. The first-order chi connectivity index (χ1) is 12.9. The fourth-order valence-electron chi connectivity index (χ4n) is 2.91. The standard InChI is InChI=1S/C17H12ClF2N7.ClH/c1-7-12(16(21)25-17(22)24-7)14-8-6-27(26-13(8)11(20)5-23-14)15-9(18)3-2-4-10(15)19;/h2-6H,1H3,(H4,21,22,24,25);1H. The lowest BCUT2D eigenvalue weighted by Gasteiger charge is -2.09. The van der Waals surface area contributed by atoms with Crippen molar-refractivity contribution in [3.63, 3.8) is 0 Å². The molecule has 0 saturated heterocycles. The lowest BCUT2D eigenvalue weighted by molar-refractivity contribution is 0.608. The largest absolute Gasteiger partial charge is 0.383 e. The van der Waals surface area contributed by atoms with E-state index in [1.54, 1.807) is 6.92 Å². The fourth-order valence-corrected chi connectivity index (χ4v) is 3.16. The number of hydrogen-bond acceptors (Lipinski definition) is 6. The van der Waals surface area contributed by atoms with E-state index in [0.717, 1.165) is 6.20 Å². The van der Waals surface area contributed by atoms with Gasteiger partial charge >= 0.3 is 0 Å². The van der Waals surface area contributed by atoms with E-state index in [-0.39, 0.29) is 40.4 Å². The molecule has 0 saturated carbocycles. The Balaban J connectivity index is 0.00000225. The van der Waals surface area contributed by atoms with E-state index < -0.39 is 11.6 Å². The van der Waals surface area contributed by atoms with Gasteiger partial charge in [-0.05, 0) is 19.1 Å². The second-order valence-corrected chi connectivity index (χ2v) is 6.20. The van der Waals surface area contributed by atoms with Crippen LogP contribution in [-0.4, -0.2) is 24.7 Å². The third kappa shape index (κ3) is 3.08. The molecule has 28 heavy (non-hydrogen) atoms. The minimum atomic E-state index is -0.674. The van der Waals surface area contributed by atoms with Crippen molar-refractivity contribution in [3.05, 3.63) is 52.9 Å². The van der Waals surface area contributed by atoms with E-state index in [9.17, 15) is 8.78 Å². The van der Waals surface area contributed by atoms with E-state index in [1.165, 1.54) is 29.1 Å². The van der Waals surface area contributed by atoms with Crippen LogP contribution in [0.2, 0.25) is 5.02 Å². The average molecular weight is 424 g/mol. The van der Waals surface area contributed by atoms with Gasteiger partial charge in [0.1, 0.15) is 22.8 Å². The van der Waals surface area contributed by atoms with E-state index in [4.69, 9.17) is 23.1 Å². The van der Waals surface area contributed by atoms with Crippen LogP contribution in [0.3, 0.4) is 0 Å². The molecule has 0 aliphatic rings. The summed E-state index contributed by atoms with van der Waals surface area (Å²) in [5.74, 6) is -1.16. The first-order valence-corrected chi connectivity index (χ1v) is 8.13. The van der Waals surface area contributed by atoms with Gasteiger partial charge in [0.05, 0.1) is 28.2 Å². The zero-order valence-electron chi connectivity index (χ0n) is 14.3. The number of nitrogens with zero attached hydrogens (tertiary/aromatic N) is 5. The summed E-state index contributed by atoms with van der Waals surface area (Å²) < 4.78 is 29.7. The number of anilines is 2. The molecule has 144 valence electrons. The molecule has 4 rings (SSSR count). The van der Waals surface area contributed by atoms with Gasteiger partial charge in [0.15, 0.2) is 5.82 Å². The Morgan fingerprint density at radius 1 is 1.11 bits per heavy atom. The number of para-hydroxylation sites is 1. The normalized spacial score (nSPS) is 10.9. The second kappa shape index (κ2) is 7.17. The molecule has 0 atom stereocenters. The molecule has 0 radical (unpaired) electrons. The van der Waals surface area contributed by atoms with Gasteiger partial charge in [-0.25, -0.2) is 18.4 Å². The molecule has 0 spiro atoms. The molecular formula is C17H13Cl2F2N7. The second-order valence-electron chi connectivity index (χ2n) is 5.79. The first-order valence-electron chi connectivity index (χ1n) is 7.75. The molecular weight excluding hydrogens is 411 g/mol. The van der Waals surface area contributed by atoms with Gasteiger partial charge in [-0.2, -0.15) is 10.1 Å². The van der Waals surface area contributed by atoms with Crippen LogP contribution in [0.4, 0.5) is 20.5 Å². The van der Waals surface area contributed by atoms with Crippen molar-refractivity contribution < 1.29 is 8.78 Å². The zero-order valence-corrected chi connectivity index (χ0v) is 15.9. The van der Waals surface area contributed by atoms with Crippen LogP contribution in [0.1, 0.15) is 5.69 Å². The van der Waals surface area contributed by atoms with E-state index in [1.807, 2.05) is 0 Å². The molecule has 0 aliphatic carbocycles. The summed E-state index contributed by atoms with van der Waals surface area (Å²) in [6.07, 6.45) is 2.44. The zero-order chi connectivity index (χ0) is 19.3. The van der Waals surface area contributed by atoms with Crippen LogP contribution >= 0.6 is 24.0 Å². The number of aromatic nitrogens is 5. The van der Waals surface area contributed by atoms with Crippen LogP contribution in [0.25, 0.3) is 27.8 Å². The van der Waals surface area contributed by atoms with Crippen LogP contribution in [0.5, 0.6) is 0 Å². The molecule has 0 amide bonds. The van der Waals surface area contributed by atoms with Crippen molar-refractivity contribution in [1.29, 1.82) is 0 Å². The first kappa shape index (κ1) is 19.7. The molecule has 4 N–H and O–H groups in total. The van der Waals surface area contributed by atoms with Gasteiger partial charge in [-0.15, -0.1) is 12.4 Å². The lowest BCUT2D eigenvalue weighted by atomic mass is 10.1. The summed E-state index contributed by atoms with van der Waals surface area (Å²) in [5, 5.41) is 4.57. The smallest absolute Gasteiger partial charge is 0.222 e. The summed E-state index contributed by atoms with van der Waals surface area (Å²) in [6, 6.07) is 4.21. The van der Waals surface area contributed by atoms with Crippen LogP contribution in [0.15, 0.2) is 30.6 Å². The van der Waals surface area contributed by atoms with Crippen molar-refractivity contribution in [2.45, 2.75) is 6.92 Å². The number of nitrogen functional groups attached to an aromatic ring is 2. The van der Waals surface area contributed by atoms with Crippen molar-refractivity contribution in [3.8, 4) is 16.9 Å². The quantitative estimate of drug-likeness (QED) is 0.508. The summed E-state index contributed by atoms with van der Waals surface area (Å²) in [6.45, 7) is 1.68. The summed E-state index contributed by atoms with van der Waals surface area (Å²) in [5.41, 5.74) is 12.7. The molecule has 3 heterocycles. The van der Waals surface area contributed by atoms with Crippen molar-refractivity contribution in [1.82, 2.24) is 24.7 Å². The lowest BCUT2D eigenvalue weighted by Crippen LogP contribution is -2.05. The Morgan fingerprint density at radius 3 is 2.54 bits per heavy atom. The third-order valence-electron chi connectivity index (χ3n) is 4.04. The van der Waals surface area contributed by atoms with Crippen LogP contribution < -0.4 is 11.5 Å². The van der Waals surface area contributed by atoms with Crippen molar-refractivity contribution in [2.24, 2.45) is 0 Å². The number of benzene rings is 1. The highest BCUT2D eigenvalue weighted by molar-refractivity contribution is 6.32. The van der Waals surface area contributed by atoms with E-state index >= 15 is 0 Å². The average Bonchev–Trinajstić information content (AvgIpc) is 3.01. The molecule has 0 aliphatic heterocycles. The Hall–Kier alpha value is -3.04. The van der Waals surface area contributed by atoms with Crippen LogP contribution in [-0.2, 0) is 0 Å². The molecule has 3 aromatic heterocycles. The molecule has 1 aromatic carbocycles. The number of hydrogen-bond donors (Lipinski definition) is 2. The molecule has 11 heteroatoms. The summed E-state index contributed by atoms with van der Waals surface area (Å²) >= 11 is 6.09. The maximum absolute atomic E-state index is 14.3. The monoisotopic (exact) mass is 423 g/mol. The summed E-state index contributed by atoms with van der Waals surface area (Å²) in [4.78, 5) is 12.1. The highest BCUT2D eigenvalue weighted by Gasteiger charge is 2.20. The van der Waals surface area contributed by atoms with Gasteiger partial charge in [0.2, 0.25) is 5.95 Å². The Bertz CT molecular complexity index is 1170. The highest BCUT2D eigenvalue weighted by Crippen LogP contribution is 2.34. The van der Waals surface area contributed by atoms with E-state index in [0.29, 0.717) is 22.3 Å². The number of nitrogens with two attached hydrogens (primary N) is 2. The van der Waals surface area contributed by atoms with Crippen molar-refractivity contribution >= 4 is 46.7 Å². The third-order valence-corrected chi connectivity index (χ3v) is 4.35. The molecule has 0 unspecified atom stereocenters. The topological polar surface area (TPSA) is 109 Å². The maximum atomic E-state index is 14.3. The molecule has 0 bridgehead atoms. The molecule has 0 fully saturated rings.